The van der Waals surface area contributed by atoms with E-state index < -0.39 is 12.0 Å². The molecule has 0 bridgehead atoms. The van der Waals surface area contributed by atoms with Gasteiger partial charge in [-0.1, -0.05) is 24.3 Å². The number of para-hydroxylation sites is 3. The summed E-state index contributed by atoms with van der Waals surface area (Å²) >= 11 is 0. The van der Waals surface area contributed by atoms with E-state index in [-0.39, 0.29) is 24.9 Å². The Kier molecular flexibility index (Phi) is 9.14. The molecule has 0 radical (unpaired) electrons. The first-order valence-corrected chi connectivity index (χ1v) is 12.8. The zero-order valence-electron chi connectivity index (χ0n) is 21.6. The van der Waals surface area contributed by atoms with Crippen LogP contribution in [0.2, 0.25) is 0 Å². The van der Waals surface area contributed by atoms with Gasteiger partial charge in [0.1, 0.15) is 23.7 Å². The molecule has 3 aromatic rings. The van der Waals surface area contributed by atoms with Crippen molar-refractivity contribution in [2.45, 2.75) is 44.2 Å². The van der Waals surface area contributed by atoms with Gasteiger partial charge < -0.3 is 29.4 Å². The lowest BCUT2D eigenvalue weighted by atomic mass is 9.96. The molecule has 2 aromatic carbocycles. The summed E-state index contributed by atoms with van der Waals surface area (Å²) in [4.78, 5) is 32.0. The fourth-order valence-electron chi connectivity index (χ4n) is 4.90. The highest BCUT2D eigenvalue weighted by Crippen LogP contribution is 2.30. The Hall–Kier alpha value is -3.43. The number of likely N-dealkylation sites (tertiary alicyclic amines) is 1. The predicted octanol–water partition coefficient (Wildman–Crippen LogP) is 3.36. The second kappa shape index (κ2) is 12.7. The van der Waals surface area contributed by atoms with Gasteiger partial charge in [0.2, 0.25) is 5.91 Å². The zero-order chi connectivity index (χ0) is 26.2. The summed E-state index contributed by atoms with van der Waals surface area (Å²) in [6, 6.07) is 14.5. The van der Waals surface area contributed by atoms with E-state index in [9.17, 15) is 9.59 Å². The molecule has 9 heteroatoms. The standard InChI is InChI=1S/C28H36N4O5/c1-35-16-8-15-32-24-12-5-4-11-23(24)30-27(32)20-9-7-14-31(18-20)26(33)17-21(29)19-37-25-13-6-3-10-22(25)28(34)36-2/h3-6,10-13,20-21H,7-9,14-19,29H2,1-2H3/t20-,21+/m1/s1. The first-order valence-electron chi connectivity index (χ1n) is 12.8. The summed E-state index contributed by atoms with van der Waals surface area (Å²) in [6.45, 7) is 2.95. The normalized spacial score (nSPS) is 16.5. The Morgan fingerprint density at radius 3 is 2.73 bits per heavy atom. The molecule has 1 aromatic heterocycles. The molecule has 0 spiro atoms. The van der Waals surface area contributed by atoms with Crippen LogP contribution < -0.4 is 10.5 Å². The van der Waals surface area contributed by atoms with Gasteiger partial charge in [-0.15, -0.1) is 0 Å². The van der Waals surface area contributed by atoms with E-state index in [1.807, 2.05) is 23.1 Å². The number of imidazole rings is 1. The molecule has 198 valence electrons. The van der Waals surface area contributed by atoms with Crippen LogP contribution in [0, 0.1) is 0 Å². The highest BCUT2D eigenvalue weighted by atomic mass is 16.5. The van der Waals surface area contributed by atoms with E-state index in [0.717, 1.165) is 42.7 Å². The number of carbonyl (C=O) groups excluding carboxylic acids is 2. The molecule has 1 fully saturated rings. The van der Waals surface area contributed by atoms with Crippen molar-refractivity contribution in [2.24, 2.45) is 5.73 Å². The lowest BCUT2D eigenvalue weighted by Crippen LogP contribution is -2.43. The largest absolute Gasteiger partial charge is 0.491 e. The van der Waals surface area contributed by atoms with Gasteiger partial charge in [-0.25, -0.2) is 9.78 Å². The van der Waals surface area contributed by atoms with Crippen molar-refractivity contribution in [2.75, 3.05) is 40.5 Å². The SMILES string of the molecule is COCCCn1c([C@@H]2CCCN(C(=O)C[C@H](N)COc3ccccc3C(=O)OC)C2)nc2ccccc21. The second-order valence-electron chi connectivity index (χ2n) is 9.40. The van der Waals surface area contributed by atoms with E-state index in [0.29, 0.717) is 31.0 Å². The van der Waals surface area contributed by atoms with Crippen LogP contribution in [0.4, 0.5) is 0 Å². The molecular weight excluding hydrogens is 472 g/mol. The highest BCUT2D eigenvalue weighted by molar-refractivity contribution is 5.92. The number of nitrogens with two attached hydrogens (primary N) is 1. The Labute approximate surface area is 217 Å². The third-order valence-corrected chi connectivity index (χ3v) is 6.74. The van der Waals surface area contributed by atoms with Crippen LogP contribution in [0.3, 0.4) is 0 Å². The summed E-state index contributed by atoms with van der Waals surface area (Å²) < 4.78 is 18.1. The molecule has 9 nitrogen and oxygen atoms in total. The third-order valence-electron chi connectivity index (χ3n) is 6.74. The maximum atomic E-state index is 13.2. The monoisotopic (exact) mass is 508 g/mol. The van der Waals surface area contributed by atoms with Gasteiger partial charge in [-0.3, -0.25) is 4.79 Å². The number of aromatic nitrogens is 2. The molecule has 1 amide bonds. The van der Waals surface area contributed by atoms with Crippen LogP contribution in [0.5, 0.6) is 5.75 Å². The minimum absolute atomic E-state index is 0.00379. The number of ether oxygens (including phenoxy) is 3. The van der Waals surface area contributed by atoms with Crippen molar-refractivity contribution >= 4 is 22.9 Å². The van der Waals surface area contributed by atoms with Gasteiger partial charge in [0.05, 0.1) is 18.1 Å². The van der Waals surface area contributed by atoms with Crippen molar-refractivity contribution < 1.29 is 23.8 Å². The average molecular weight is 509 g/mol. The molecule has 1 aliphatic rings. The fourth-order valence-corrected chi connectivity index (χ4v) is 4.90. The van der Waals surface area contributed by atoms with Crippen molar-refractivity contribution in [3.05, 3.63) is 59.9 Å². The number of nitrogens with zero attached hydrogens (tertiary/aromatic N) is 3. The first kappa shape index (κ1) is 26.6. The molecule has 0 saturated carbocycles. The number of rotatable bonds is 11. The number of carbonyl (C=O) groups is 2. The van der Waals surface area contributed by atoms with Gasteiger partial charge in [0.25, 0.3) is 0 Å². The molecule has 1 saturated heterocycles. The van der Waals surface area contributed by atoms with E-state index in [4.69, 9.17) is 24.9 Å². The van der Waals surface area contributed by atoms with E-state index >= 15 is 0 Å². The molecule has 0 aliphatic carbocycles. The number of piperidine rings is 1. The molecule has 4 rings (SSSR count). The van der Waals surface area contributed by atoms with Crippen molar-refractivity contribution in [1.29, 1.82) is 0 Å². The van der Waals surface area contributed by atoms with Gasteiger partial charge in [-0.2, -0.15) is 0 Å². The van der Waals surface area contributed by atoms with Crippen LogP contribution in [-0.4, -0.2) is 72.9 Å². The first-order chi connectivity index (χ1) is 18.0. The van der Waals surface area contributed by atoms with Crippen LogP contribution in [-0.2, 0) is 20.8 Å². The zero-order valence-corrected chi connectivity index (χ0v) is 21.6. The molecule has 2 N–H and O–H groups in total. The van der Waals surface area contributed by atoms with E-state index in [2.05, 4.69) is 10.6 Å². The third kappa shape index (κ3) is 6.47. The Bertz CT molecular complexity index is 1210. The Morgan fingerprint density at radius 1 is 1.14 bits per heavy atom. The number of benzene rings is 2. The van der Waals surface area contributed by atoms with Crippen molar-refractivity contribution in [1.82, 2.24) is 14.5 Å². The summed E-state index contributed by atoms with van der Waals surface area (Å²) in [5.74, 6) is 1.11. The van der Waals surface area contributed by atoms with Gasteiger partial charge in [0.15, 0.2) is 0 Å². The highest BCUT2D eigenvalue weighted by Gasteiger charge is 2.29. The van der Waals surface area contributed by atoms with Crippen LogP contribution in [0.15, 0.2) is 48.5 Å². The summed E-state index contributed by atoms with van der Waals surface area (Å²) in [5.41, 5.74) is 8.68. The molecule has 1 aliphatic heterocycles. The number of esters is 1. The number of methoxy groups -OCH3 is 2. The summed E-state index contributed by atoms with van der Waals surface area (Å²) in [5, 5.41) is 0. The Balaban J connectivity index is 1.39. The smallest absolute Gasteiger partial charge is 0.341 e. The maximum absolute atomic E-state index is 13.2. The lowest BCUT2D eigenvalue weighted by molar-refractivity contribution is -0.133. The van der Waals surface area contributed by atoms with E-state index in [1.165, 1.54) is 7.11 Å². The topological polar surface area (TPSA) is 109 Å². The van der Waals surface area contributed by atoms with E-state index in [1.54, 1.807) is 31.4 Å². The maximum Gasteiger partial charge on any atom is 0.341 e. The summed E-state index contributed by atoms with van der Waals surface area (Å²) in [6.07, 6.45) is 2.96. The number of hydrogen-bond acceptors (Lipinski definition) is 7. The van der Waals surface area contributed by atoms with Crippen LogP contribution >= 0.6 is 0 Å². The molecule has 0 unspecified atom stereocenters. The van der Waals surface area contributed by atoms with Gasteiger partial charge >= 0.3 is 5.97 Å². The van der Waals surface area contributed by atoms with Crippen molar-refractivity contribution in [3.8, 4) is 5.75 Å². The van der Waals surface area contributed by atoms with Crippen molar-refractivity contribution in [3.63, 3.8) is 0 Å². The number of aryl methyl sites for hydroxylation is 1. The molecular formula is C28H36N4O5. The number of amides is 1. The van der Waals surface area contributed by atoms with Gasteiger partial charge in [0, 0.05) is 51.7 Å². The summed E-state index contributed by atoms with van der Waals surface area (Å²) in [7, 11) is 3.04. The second-order valence-corrected chi connectivity index (χ2v) is 9.40. The minimum atomic E-state index is -0.503. The Morgan fingerprint density at radius 2 is 1.92 bits per heavy atom. The fraction of sp³-hybridized carbons (Fsp3) is 0.464. The van der Waals surface area contributed by atoms with Crippen LogP contribution in [0.25, 0.3) is 11.0 Å². The quantitative estimate of drug-likeness (QED) is 0.312. The lowest BCUT2D eigenvalue weighted by Gasteiger charge is -2.33. The molecule has 2 atom stereocenters. The van der Waals surface area contributed by atoms with Crippen LogP contribution in [0.1, 0.15) is 47.8 Å². The molecule has 2 heterocycles. The van der Waals surface area contributed by atoms with Gasteiger partial charge in [-0.05, 0) is 43.5 Å². The average Bonchev–Trinajstić information content (AvgIpc) is 3.30. The predicted molar refractivity (Wildman–Crippen MR) is 141 cm³/mol. The number of fused-ring (bicyclic) bond motifs is 1. The number of hydrogen-bond donors (Lipinski definition) is 1. The minimum Gasteiger partial charge on any atom is -0.491 e. The molecule has 37 heavy (non-hydrogen) atoms.